The largest absolute Gasteiger partial charge is 0.370 e. The van der Waals surface area contributed by atoms with Gasteiger partial charge < -0.3 is 10.6 Å². The number of nitrogens with two attached hydrogens (primary N) is 1. The lowest BCUT2D eigenvalue weighted by atomic mass is 10.1. The summed E-state index contributed by atoms with van der Waals surface area (Å²) in [6.45, 7) is 6.48. The number of amides is 2. The second kappa shape index (κ2) is 30.5. The van der Waals surface area contributed by atoms with Crippen molar-refractivity contribution >= 4 is 11.8 Å². The number of primary amides is 1. The fraction of sp³-hybridized carbons (Fsp3) is 0.941. The highest BCUT2D eigenvalue weighted by Crippen LogP contribution is 2.15. The Kier molecular flexibility index (Phi) is 29.6. The number of nitrogens with zero attached hydrogens (tertiary/aromatic N) is 1. The van der Waals surface area contributed by atoms with Crippen LogP contribution in [0.2, 0.25) is 0 Å². The average molecular weight is 537 g/mol. The number of hydrogen-bond acceptors (Lipinski definition) is 2. The summed E-state index contributed by atoms with van der Waals surface area (Å²) in [7, 11) is 0. The standard InChI is InChI=1S/C34H68N2O2/c1-3-5-7-9-11-13-15-19-23-27-31-36(32-28-24-20-16-14-12-10-8-6-4-2)34(38)30-26-22-18-17-21-25-29-33(35)37/h3-32H2,1-2H3,(H2,35,37). The molecule has 0 atom stereocenters. The Bertz CT molecular complexity index is 485. The van der Waals surface area contributed by atoms with E-state index in [2.05, 4.69) is 18.7 Å². The molecule has 0 aliphatic heterocycles. The maximum absolute atomic E-state index is 13.0. The van der Waals surface area contributed by atoms with Gasteiger partial charge in [0.25, 0.3) is 0 Å². The van der Waals surface area contributed by atoms with Gasteiger partial charge in [-0.2, -0.15) is 0 Å². The molecule has 0 aliphatic rings. The van der Waals surface area contributed by atoms with Crippen molar-refractivity contribution in [3.05, 3.63) is 0 Å². The highest BCUT2D eigenvalue weighted by molar-refractivity contribution is 5.76. The van der Waals surface area contributed by atoms with Crippen LogP contribution in [0.25, 0.3) is 0 Å². The molecule has 226 valence electrons. The topological polar surface area (TPSA) is 63.4 Å². The third kappa shape index (κ3) is 28.0. The molecular weight excluding hydrogens is 468 g/mol. The van der Waals surface area contributed by atoms with Crippen molar-refractivity contribution in [2.24, 2.45) is 5.73 Å². The third-order valence-corrected chi connectivity index (χ3v) is 7.98. The molecule has 0 aromatic rings. The first kappa shape index (κ1) is 36.9. The van der Waals surface area contributed by atoms with Crippen LogP contribution in [0.1, 0.15) is 194 Å². The Hall–Kier alpha value is -1.06. The Morgan fingerprint density at radius 2 is 0.711 bits per heavy atom. The van der Waals surface area contributed by atoms with Gasteiger partial charge >= 0.3 is 0 Å². The van der Waals surface area contributed by atoms with E-state index in [1.54, 1.807) is 0 Å². The van der Waals surface area contributed by atoms with E-state index in [0.29, 0.717) is 18.7 Å². The van der Waals surface area contributed by atoms with Crippen LogP contribution < -0.4 is 5.73 Å². The average Bonchev–Trinajstić information content (AvgIpc) is 2.90. The van der Waals surface area contributed by atoms with Crippen LogP contribution in [-0.4, -0.2) is 29.8 Å². The van der Waals surface area contributed by atoms with Crippen LogP contribution in [0.5, 0.6) is 0 Å². The summed E-state index contributed by atoms with van der Waals surface area (Å²) < 4.78 is 0. The Labute approximate surface area is 238 Å². The van der Waals surface area contributed by atoms with E-state index in [9.17, 15) is 9.59 Å². The minimum Gasteiger partial charge on any atom is -0.370 e. The highest BCUT2D eigenvalue weighted by atomic mass is 16.2. The van der Waals surface area contributed by atoms with Crippen LogP contribution >= 0.6 is 0 Å². The summed E-state index contributed by atoms with van der Waals surface area (Å²) >= 11 is 0. The van der Waals surface area contributed by atoms with Gasteiger partial charge in [-0.1, -0.05) is 155 Å². The van der Waals surface area contributed by atoms with Crippen molar-refractivity contribution in [1.29, 1.82) is 0 Å². The fourth-order valence-electron chi connectivity index (χ4n) is 5.38. The molecule has 0 bridgehead atoms. The Morgan fingerprint density at radius 3 is 1.05 bits per heavy atom. The van der Waals surface area contributed by atoms with Crippen LogP contribution in [0.4, 0.5) is 0 Å². The molecule has 0 aromatic carbocycles. The third-order valence-electron chi connectivity index (χ3n) is 7.98. The van der Waals surface area contributed by atoms with Gasteiger partial charge in [0.1, 0.15) is 0 Å². The summed E-state index contributed by atoms with van der Waals surface area (Å²) in [5.74, 6) is 0.186. The van der Waals surface area contributed by atoms with Gasteiger partial charge in [0.15, 0.2) is 0 Å². The SMILES string of the molecule is CCCCCCCCCCCCN(CCCCCCCCCCCC)C(=O)CCCCCCCCC(N)=O. The maximum Gasteiger partial charge on any atom is 0.222 e. The molecule has 38 heavy (non-hydrogen) atoms. The van der Waals surface area contributed by atoms with E-state index >= 15 is 0 Å². The summed E-state index contributed by atoms with van der Waals surface area (Å²) in [4.78, 5) is 26.0. The van der Waals surface area contributed by atoms with Crippen LogP contribution in [0.15, 0.2) is 0 Å². The zero-order chi connectivity index (χ0) is 27.9. The Morgan fingerprint density at radius 1 is 0.421 bits per heavy atom. The van der Waals surface area contributed by atoms with Crippen molar-refractivity contribution < 1.29 is 9.59 Å². The molecule has 0 aromatic heterocycles. The molecule has 0 saturated carbocycles. The van der Waals surface area contributed by atoms with E-state index in [1.165, 1.54) is 128 Å². The maximum atomic E-state index is 13.0. The molecule has 0 radical (unpaired) electrons. The molecule has 0 heterocycles. The van der Waals surface area contributed by atoms with Crippen molar-refractivity contribution in [2.75, 3.05) is 13.1 Å². The number of carbonyl (C=O) groups excluding carboxylic acids is 2. The van der Waals surface area contributed by atoms with Gasteiger partial charge in [0.2, 0.25) is 11.8 Å². The predicted molar refractivity (Wildman–Crippen MR) is 166 cm³/mol. The van der Waals surface area contributed by atoms with E-state index in [-0.39, 0.29) is 5.91 Å². The van der Waals surface area contributed by atoms with Crippen LogP contribution in [0.3, 0.4) is 0 Å². The second-order valence-electron chi connectivity index (χ2n) is 11.8. The van der Waals surface area contributed by atoms with Crippen molar-refractivity contribution in [3.8, 4) is 0 Å². The molecular formula is C34H68N2O2. The summed E-state index contributed by atoms with van der Waals surface area (Å²) in [6.07, 6.45) is 34.4. The number of rotatable bonds is 31. The zero-order valence-corrected chi connectivity index (χ0v) is 26.1. The van der Waals surface area contributed by atoms with E-state index < -0.39 is 0 Å². The number of hydrogen-bond donors (Lipinski definition) is 1. The van der Waals surface area contributed by atoms with Crippen LogP contribution in [0, 0.1) is 0 Å². The minimum atomic E-state index is -0.194. The molecule has 0 aliphatic carbocycles. The molecule has 2 amide bonds. The van der Waals surface area contributed by atoms with Crippen molar-refractivity contribution in [2.45, 2.75) is 194 Å². The van der Waals surface area contributed by atoms with Gasteiger partial charge in [-0.3, -0.25) is 9.59 Å². The Balaban J connectivity index is 4.08. The fourth-order valence-corrected chi connectivity index (χ4v) is 5.38. The lowest BCUT2D eigenvalue weighted by Gasteiger charge is -2.23. The smallest absolute Gasteiger partial charge is 0.222 e. The lowest BCUT2D eigenvalue weighted by molar-refractivity contribution is -0.131. The number of unbranched alkanes of at least 4 members (excludes halogenated alkanes) is 23. The van der Waals surface area contributed by atoms with Gasteiger partial charge in [-0.05, 0) is 25.7 Å². The quantitative estimate of drug-likeness (QED) is 0.0895. The molecule has 2 N–H and O–H groups in total. The van der Waals surface area contributed by atoms with Gasteiger partial charge in [-0.25, -0.2) is 0 Å². The van der Waals surface area contributed by atoms with E-state index in [4.69, 9.17) is 5.73 Å². The van der Waals surface area contributed by atoms with Crippen molar-refractivity contribution in [1.82, 2.24) is 4.90 Å². The number of carbonyl (C=O) groups is 2. The van der Waals surface area contributed by atoms with E-state index in [0.717, 1.165) is 51.6 Å². The molecule has 0 saturated heterocycles. The molecule has 0 spiro atoms. The van der Waals surface area contributed by atoms with Gasteiger partial charge in [0.05, 0.1) is 0 Å². The van der Waals surface area contributed by atoms with Crippen LogP contribution in [-0.2, 0) is 9.59 Å². The summed E-state index contributed by atoms with van der Waals surface area (Å²) in [5, 5.41) is 0. The van der Waals surface area contributed by atoms with Crippen molar-refractivity contribution in [3.63, 3.8) is 0 Å². The van der Waals surface area contributed by atoms with E-state index in [1.807, 2.05) is 0 Å². The molecule has 0 fully saturated rings. The van der Waals surface area contributed by atoms with Gasteiger partial charge in [0, 0.05) is 25.9 Å². The first-order chi connectivity index (χ1) is 18.6. The molecule has 0 rings (SSSR count). The molecule has 0 unspecified atom stereocenters. The van der Waals surface area contributed by atoms with Gasteiger partial charge in [-0.15, -0.1) is 0 Å². The first-order valence-electron chi connectivity index (χ1n) is 17.2. The molecule has 4 heteroatoms. The molecule has 4 nitrogen and oxygen atoms in total. The summed E-state index contributed by atoms with van der Waals surface area (Å²) in [6, 6.07) is 0. The monoisotopic (exact) mass is 537 g/mol. The minimum absolute atomic E-state index is 0.194. The second-order valence-corrected chi connectivity index (χ2v) is 11.8. The highest BCUT2D eigenvalue weighted by Gasteiger charge is 2.12. The zero-order valence-electron chi connectivity index (χ0n) is 26.1. The predicted octanol–water partition coefficient (Wildman–Crippen LogP) is 10.3. The first-order valence-corrected chi connectivity index (χ1v) is 17.2. The lowest BCUT2D eigenvalue weighted by Crippen LogP contribution is -2.32. The summed E-state index contributed by atoms with van der Waals surface area (Å²) in [5.41, 5.74) is 5.21. The normalized spacial score (nSPS) is 11.2.